The minimum absolute atomic E-state index is 0.143. The van der Waals surface area contributed by atoms with Crippen LogP contribution < -0.4 is 10.8 Å². The van der Waals surface area contributed by atoms with Crippen molar-refractivity contribution in [2.45, 2.75) is 37.8 Å². The van der Waals surface area contributed by atoms with E-state index >= 15 is 0 Å². The van der Waals surface area contributed by atoms with Crippen LogP contribution in [0.3, 0.4) is 0 Å². The first-order valence-electron chi connectivity index (χ1n) is 5.70. The van der Waals surface area contributed by atoms with Crippen molar-refractivity contribution in [3.8, 4) is 0 Å². The van der Waals surface area contributed by atoms with Crippen LogP contribution in [-0.2, 0) is 4.79 Å². The smallest absolute Gasteiger partial charge is 0.243 e. The highest BCUT2D eigenvalue weighted by atomic mass is 31.0. The zero-order chi connectivity index (χ0) is 13.1. The van der Waals surface area contributed by atoms with Gasteiger partial charge in [0.05, 0.1) is 12.1 Å². The van der Waals surface area contributed by atoms with Crippen molar-refractivity contribution in [1.82, 2.24) is 15.5 Å². The van der Waals surface area contributed by atoms with Crippen LogP contribution in [0.25, 0.3) is 0 Å². The van der Waals surface area contributed by atoms with Crippen molar-refractivity contribution in [3.05, 3.63) is 0 Å². The van der Waals surface area contributed by atoms with Crippen LogP contribution in [0.4, 0.5) is 0 Å². The van der Waals surface area contributed by atoms with E-state index in [0.717, 1.165) is 0 Å². The molecule has 0 aromatic rings. The second kappa shape index (κ2) is 5.59. The number of piperidine rings is 1. The van der Waals surface area contributed by atoms with Gasteiger partial charge in [0.1, 0.15) is 5.54 Å². The summed E-state index contributed by atoms with van der Waals surface area (Å²) < 4.78 is 2.03. The average Bonchev–Trinajstić information content (AvgIpc) is 2.30. The number of nitrogens with zero attached hydrogens (tertiary/aromatic N) is 1. The van der Waals surface area contributed by atoms with E-state index in [1.54, 1.807) is 13.8 Å². The lowest BCUT2D eigenvalue weighted by molar-refractivity contribution is -0.136. The molecule has 0 aliphatic carbocycles. The van der Waals surface area contributed by atoms with E-state index in [1.165, 1.54) is 0 Å². The Morgan fingerprint density at radius 2 is 2.00 bits per heavy atom. The molecule has 0 aromatic carbocycles. The number of aliphatic hydroxyl groups excluding tert-OH is 1. The molecule has 6 nitrogen and oxygen atoms in total. The lowest BCUT2D eigenvalue weighted by Gasteiger charge is -2.39. The third kappa shape index (κ3) is 3.60. The molecule has 0 spiro atoms. The summed E-state index contributed by atoms with van der Waals surface area (Å²) >= 11 is 0. The maximum absolute atomic E-state index is 12.2. The Morgan fingerprint density at radius 1 is 1.47 bits per heavy atom. The van der Waals surface area contributed by atoms with Crippen LogP contribution in [0.1, 0.15) is 26.7 Å². The zero-order valence-electron chi connectivity index (χ0n) is 10.4. The molecule has 4 N–H and O–H groups in total. The number of hydroxylamine groups is 1. The van der Waals surface area contributed by atoms with Gasteiger partial charge in [0, 0.05) is 13.1 Å². The quantitative estimate of drug-likeness (QED) is 0.405. The molecule has 1 rings (SSSR count). The number of rotatable bonds is 4. The first-order chi connectivity index (χ1) is 7.85. The summed E-state index contributed by atoms with van der Waals surface area (Å²) in [5, 5.41) is 21.1. The Labute approximate surface area is 104 Å². The molecule has 1 heterocycles. The molecule has 0 saturated carbocycles. The third-order valence-corrected chi connectivity index (χ3v) is 3.66. The summed E-state index contributed by atoms with van der Waals surface area (Å²) in [6.07, 6.45) is 1.06. The highest BCUT2D eigenvalue weighted by Gasteiger charge is 2.42. The summed E-state index contributed by atoms with van der Waals surface area (Å²) in [4.78, 5) is 12.2. The van der Waals surface area contributed by atoms with E-state index in [9.17, 15) is 10.0 Å². The van der Waals surface area contributed by atoms with Gasteiger partial charge in [0.2, 0.25) is 5.91 Å². The molecular weight excluding hydrogens is 241 g/mol. The van der Waals surface area contributed by atoms with Crippen LogP contribution in [-0.4, -0.2) is 51.7 Å². The topological polar surface area (TPSA) is 84.8 Å². The molecule has 7 heteroatoms. The number of hydrogen-bond donors (Lipinski definition) is 4. The predicted octanol–water partition coefficient (Wildman–Crippen LogP) is -0.523. The van der Waals surface area contributed by atoms with Gasteiger partial charge in [-0.05, 0) is 26.7 Å². The summed E-state index contributed by atoms with van der Waals surface area (Å²) in [7, 11) is 2.59. The minimum Gasteiger partial charge on any atom is -0.394 e. The lowest BCUT2D eigenvalue weighted by Crippen LogP contribution is -2.63. The normalized spacial score (nSPS) is 21.2. The highest BCUT2D eigenvalue weighted by Crippen LogP contribution is 2.24. The summed E-state index contributed by atoms with van der Waals surface area (Å²) in [5.74, 6) is -0.267. The summed E-state index contributed by atoms with van der Waals surface area (Å²) in [6, 6.07) is 0. The number of amides is 1. The van der Waals surface area contributed by atoms with Crippen molar-refractivity contribution in [1.29, 1.82) is 0 Å². The average molecular weight is 263 g/mol. The van der Waals surface area contributed by atoms with Gasteiger partial charge in [-0.1, -0.05) is 9.39 Å². The number of hydrogen-bond acceptors (Lipinski definition) is 5. The molecule has 1 fully saturated rings. The second-order valence-electron chi connectivity index (χ2n) is 5.23. The molecule has 1 amide bonds. The van der Waals surface area contributed by atoms with Crippen molar-refractivity contribution < 1.29 is 15.1 Å². The van der Waals surface area contributed by atoms with E-state index in [0.29, 0.717) is 25.9 Å². The van der Waals surface area contributed by atoms with E-state index in [-0.39, 0.29) is 12.5 Å². The lowest BCUT2D eigenvalue weighted by atomic mass is 9.87. The SMILES string of the molecule is CC(C)(CO)NC(=O)C1(NO)CCN(P)CC1. The third-order valence-electron chi connectivity index (χ3n) is 3.15. The molecule has 17 heavy (non-hydrogen) atoms. The van der Waals surface area contributed by atoms with E-state index < -0.39 is 11.1 Å². The zero-order valence-corrected chi connectivity index (χ0v) is 11.5. The van der Waals surface area contributed by atoms with Crippen LogP contribution in [0, 0.1) is 0 Å². The largest absolute Gasteiger partial charge is 0.394 e. The van der Waals surface area contributed by atoms with Crippen LogP contribution in [0.5, 0.6) is 0 Å². The summed E-state index contributed by atoms with van der Waals surface area (Å²) in [5.41, 5.74) is 0.528. The first-order valence-corrected chi connectivity index (χ1v) is 6.21. The number of carbonyl (C=O) groups is 1. The van der Waals surface area contributed by atoms with Gasteiger partial charge in [0.15, 0.2) is 0 Å². The van der Waals surface area contributed by atoms with Crippen molar-refractivity contribution in [2.75, 3.05) is 19.7 Å². The Kier molecular flexibility index (Phi) is 4.86. The summed E-state index contributed by atoms with van der Waals surface area (Å²) in [6.45, 7) is 4.76. The Balaban J connectivity index is 2.70. The number of aliphatic hydroxyl groups is 1. The van der Waals surface area contributed by atoms with Crippen LogP contribution >= 0.6 is 9.39 Å². The Hall–Kier alpha value is -0.260. The number of nitrogens with one attached hydrogen (secondary N) is 2. The maximum atomic E-state index is 12.2. The Morgan fingerprint density at radius 3 is 2.41 bits per heavy atom. The van der Waals surface area contributed by atoms with Crippen LogP contribution in [0.15, 0.2) is 0 Å². The van der Waals surface area contributed by atoms with Gasteiger partial charge in [-0.15, -0.1) is 0 Å². The van der Waals surface area contributed by atoms with E-state index in [1.807, 2.05) is 4.67 Å². The molecule has 0 radical (unpaired) electrons. The Bertz CT molecular complexity index is 278. The fraction of sp³-hybridized carbons (Fsp3) is 0.900. The molecule has 1 atom stereocenters. The highest BCUT2D eigenvalue weighted by molar-refractivity contribution is 7.13. The van der Waals surface area contributed by atoms with Gasteiger partial charge < -0.3 is 15.6 Å². The van der Waals surface area contributed by atoms with E-state index in [2.05, 4.69) is 20.2 Å². The number of carbonyl (C=O) groups excluding carboxylic acids is 1. The monoisotopic (exact) mass is 263 g/mol. The van der Waals surface area contributed by atoms with Gasteiger partial charge in [-0.2, -0.15) is 5.48 Å². The van der Waals surface area contributed by atoms with Gasteiger partial charge >= 0.3 is 0 Å². The van der Waals surface area contributed by atoms with Crippen molar-refractivity contribution in [2.24, 2.45) is 0 Å². The van der Waals surface area contributed by atoms with Gasteiger partial charge in [0.25, 0.3) is 0 Å². The fourth-order valence-electron chi connectivity index (χ4n) is 1.76. The molecule has 1 unspecified atom stereocenters. The molecule has 1 aliphatic rings. The molecule has 1 saturated heterocycles. The standard InChI is InChI=1S/C10H22N3O3P/c1-9(2,7-14)11-8(15)10(12-16)3-5-13(17)6-4-10/h12,14,16H,3-7,17H2,1-2H3,(H,11,15). The predicted molar refractivity (Wildman–Crippen MR) is 67.5 cm³/mol. The first kappa shape index (κ1) is 14.8. The molecule has 0 bridgehead atoms. The fourth-order valence-corrected chi connectivity index (χ4v) is 2.02. The van der Waals surface area contributed by atoms with E-state index in [4.69, 9.17) is 5.11 Å². The van der Waals surface area contributed by atoms with Gasteiger partial charge in [-0.25, -0.2) is 0 Å². The minimum atomic E-state index is -0.945. The van der Waals surface area contributed by atoms with Gasteiger partial charge in [-0.3, -0.25) is 9.46 Å². The molecule has 0 aromatic heterocycles. The van der Waals surface area contributed by atoms with Crippen molar-refractivity contribution >= 4 is 15.3 Å². The molecule has 1 aliphatic heterocycles. The second-order valence-corrected chi connectivity index (χ2v) is 5.96. The van der Waals surface area contributed by atoms with Crippen molar-refractivity contribution in [3.63, 3.8) is 0 Å². The molecular formula is C10H22N3O3P. The van der Waals surface area contributed by atoms with Crippen LogP contribution in [0.2, 0.25) is 0 Å². The molecule has 100 valence electrons. The maximum Gasteiger partial charge on any atom is 0.243 e.